The second kappa shape index (κ2) is 22.8. The van der Waals surface area contributed by atoms with Crippen molar-refractivity contribution in [2.75, 3.05) is 32.7 Å². The first-order valence-electron chi connectivity index (χ1n) is 19.7. The van der Waals surface area contributed by atoms with Gasteiger partial charge in [-0.25, -0.2) is 4.79 Å². The Bertz CT molecular complexity index is 1750. The van der Waals surface area contributed by atoms with E-state index in [0.29, 0.717) is 19.3 Å². The summed E-state index contributed by atoms with van der Waals surface area (Å²) in [7, 11) is 0. The van der Waals surface area contributed by atoms with Gasteiger partial charge in [0.1, 0.15) is 42.4 Å². The van der Waals surface area contributed by atoms with Crippen LogP contribution >= 0.6 is 0 Å². The molecule has 2 fully saturated rings. The van der Waals surface area contributed by atoms with Gasteiger partial charge in [-0.05, 0) is 72.3 Å². The Hall–Kier alpha value is -6.28. The van der Waals surface area contributed by atoms with Crippen molar-refractivity contribution in [2.45, 2.75) is 116 Å². The van der Waals surface area contributed by atoms with Gasteiger partial charge in [0.05, 0.1) is 19.6 Å². The standard InChI is InChI=1S/C39H56N8O13/c1-23(44-38(58)60-39(3,4)5)33(52)40-20-30(49)45-26(15-16-32(51)59-22-25-11-7-6-8-12-25)36(55)47-18-10-14-28(47)35(54)42-21-31(50)46-17-9-13-27(46)34(53)41-19-29(48)43-24(2)37(56)57/h6-8,11-12,23-24,26-28H,9-10,13-22H2,1-5H3,(H,40,52)(H,41,53)(H,42,54)(H,43,48)(H,44,58)(H,45,49)(H,56,57)/t23-,24-,26-,27-,28-/m0/s1. The van der Waals surface area contributed by atoms with E-state index in [9.17, 15) is 47.9 Å². The van der Waals surface area contributed by atoms with Crippen LogP contribution in [0.3, 0.4) is 0 Å². The van der Waals surface area contributed by atoms with E-state index in [1.54, 1.807) is 51.1 Å². The van der Waals surface area contributed by atoms with Crippen molar-refractivity contribution in [1.82, 2.24) is 41.7 Å². The minimum absolute atomic E-state index is 0.0206. The predicted molar refractivity (Wildman–Crippen MR) is 210 cm³/mol. The lowest BCUT2D eigenvalue weighted by molar-refractivity contribution is -0.146. The van der Waals surface area contributed by atoms with Crippen LogP contribution in [0, 0.1) is 0 Å². The number of carbonyl (C=O) groups excluding carboxylic acids is 9. The van der Waals surface area contributed by atoms with Crippen molar-refractivity contribution in [3.05, 3.63) is 35.9 Å². The van der Waals surface area contributed by atoms with Crippen LogP contribution in [0.4, 0.5) is 4.79 Å². The van der Waals surface area contributed by atoms with Gasteiger partial charge in [0.2, 0.25) is 41.4 Å². The minimum Gasteiger partial charge on any atom is -0.480 e. The van der Waals surface area contributed by atoms with Crippen LogP contribution in [0.15, 0.2) is 30.3 Å². The molecule has 2 aliphatic rings. The lowest BCUT2D eigenvalue weighted by atomic mass is 10.1. The molecule has 1 aromatic rings. The van der Waals surface area contributed by atoms with Gasteiger partial charge in [0.15, 0.2) is 0 Å². The molecule has 0 saturated carbocycles. The van der Waals surface area contributed by atoms with Gasteiger partial charge < -0.3 is 56.3 Å². The Morgan fingerprint density at radius 3 is 1.93 bits per heavy atom. The number of carboxylic acid groups (broad SMARTS) is 1. The predicted octanol–water partition coefficient (Wildman–Crippen LogP) is -1.17. The molecule has 0 spiro atoms. The maximum absolute atomic E-state index is 14.0. The third-order valence-corrected chi connectivity index (χ3v) is 9.36. The summed E-state index contributed by atoms with van der Waals surface area (Å²) < 4.78 is 10.5. The fraction of sp³-hybridized carbons (Fsp3) is 0.590. The zero-order valence-electron chi connectivity index (χ0n) is 34.5. The second-order valence-electron chi connectivity index (χ2n) is 15.4. The van der Waals surface area contributed by atoms with Gasteiger partial charge in [-0.1, -0.05) is 30.3 Å². The SMILES string of the molecule is C[C@H](NC(=O)CNC(=O)[C@@H]1CCCN1C(=O)CNC(=O)[C@@H]1CCCN1C(=O)[C@H](CCC(=O)OCc1ccccc1)NC(=O)CNC(=O)[C@H](C)NC(=O)OC(C)(C)C)C(=O)O. The molecule has 0 bridgehead atoms. The number of alkyl carbamates (subject to hydrolysis) is 1. The van der Waals surface area contributed by atoms with Crippen LogP contribution in [0.1, 0.15) is 78.7 Å². The molecule has 1 aromatic carbocycles. The molecule has 7 N–H and O–H groups in total. The summed E-state index contributed by atoms with van der Waals surface area (Å²) in [6.07, 6.45) is 0.0504. The van der Waals surface area contributed by atoms with E-state index in [1.165, 1.54) is 23.6 Å². The smallest absolute Gasteiger partial charge is 0.408 e. The molecule has 330 valence electrons. The lowest BCUT2D eigenvalue weighted by Gasteiger charge is -2.29. The van der Waals surface area contributed by atoms with E-state index >= 15 is 0 Å². The topological polar surface area (TPSA) is 288 Å². The monoisotopic (exact) mass is 844 g/mol. The normalized spacial score (nSPS) is 17.6. The first-order chi connectivity index (χ1) is 28.2. The number of likely N-dealkylation sites (tertiary alicyclic amines) is 2. The number of carboxylic acids is 1. The molecule has 8 amide bonds. The number of hydrogen-bond donors (Lipinski definition) is 7. The number of esters is 1. The van der Waals surface area contributed by atoms with Crippen molar-refractivity contribution < 1.29 is 62.5 Å². The van der Waals surface area contributed by atoms with Crippen molar-refractivity contribution >= 4 is 59.4 Å². The molecular weight excluding hydrogens is 788 g/mol. The zero-order chi connectivity index (χ0) is 44.6. The average Bonchev–Trinajstić information content (AvgIpc) is 3.89. The van der Waals surface area contributed by atoms with Crippen molar-refractivity contribution in [3.63, 3.8) is 0 Å². The molecule has 0 unspecified atom stereocenters. The third kappa shape index (κ3) is 15.8. The van der Waals surface area contributed by atoms with Crippen molar-refractivity contribution in [1.29, 1.82) is 0 Å². The van der Waals surface area contributed by atoms with Crippen molar-refractivity contribution in [2.24, 2.45) is 0 Å². The lowest BCUT2D eigenvalue weighted by Crippen LogP contribution is -2.56. The molecule has 2 aliphatic heterocycles. The zero-order valence-corrected chi connectivity index (χ0v) is 34.5. The summed E-state index contributed by atoms with van der Waals surface area (Å²) in [6.45, 7) is 6.29. The van der Waals surface area contributed by atoms with Crippen LogP contribution in [-0.4, -0.2) is 143 Å². The van der Waals surface area contributed by atoms with Crippen molar-refractivity contribution in [3.8, 4) is 0 Å². The molecule has 2 saturated heterocycles. The van der Waals surface area contributed by atoms with E-state index in [0.717, 1.165) is 5.56 Å². The number of rotatable bonds is 19. The van der Waals surface area contributed by atoms with Gasteiger partial charge in [-0.15, -0.1) is 0 Å². The van der Waals surface area contributed by atoms with Crippen LogP contribution in [0.5, 0.6) is 0 Å². The van der Waals surface area contributed by atoms with E-state index in [2.05, 4.69) is 31.9 Å². The highest BCUT2D eigenvalue weighted by Crippen LogP contribution is 2.21. The molecule has 21 heteroatoms. The Balaban J connectivity index is 1.61. The summed E-state index contributed by atoms with van der Waals surface area (Å²) in [4.78, 5) is 129. The molecule has 0 aromatic heterocycles. The van der Waals surface area contributed by atoms with E-state index in [1.807, 2.05) is 0 Å². The Labute approximate surface area is 347 Å². The van der Waals surface area contributed by atoms with Gasteiger partial charge in [0, 0.05) is 19.5 Å². The number of carbonyl (C=O) groups is 10. The average molecular weight is 845 g/mol. The first-order valence-corrected chi connectivity index (χ1v) is 19.7. The highest BCUT2D eigenvalue weighted by Gasteiger charge is 2.39. The Morgan fingerprint density at radius 2 is 1.32 bits per heavy atom. The van der Waals surface area contributed by atoms with Crippen LogP contribution in [0.25, 0.3) is 0 Å². The van der Waals surface area contributed by atoms with E-state index < -0.39 is 115 Å². The molecule has 5 atom stereocenters. The summed E-state index contributed by atoms with van der Waals surface area (Å²) in [6, 6.07) is 3.34. The van der Waals surface area contributed by atoms with Gasteiger partial charge in [0.25, 0.3) is 0 Å². The number of aliphatic carboxylic acids is 1. The van der Waals surface area contributed by atoms with Gasteiger partial charge >= 0.3 is 18.0 Å². The minimum atomic E-state index is -1.33. The number of hydrogen-bond acceptors (Lipinski definition) is 12. The quantitative estimate of drug-likeness (QED) is 0.0810. The summed E-state index contributed by atoms with van der Waals surface area (Å²) in [5, 5.41) is 23.4. The number of amides is 8. The molecule has 21 nitrogen and oxygen atoms in total. The van der Waals surface area contributed by atoms with Crippen LogP contribution in [-0.2, 0) is 59.2 Å². The molecular formula is C39H56N8O13. The second-order valence-corrected chi connectivity index (χ2v) is 15.4. The number of nitrogens with one attached hydrogen (secondary N) is 6. The molecule has 0 radical (unpaired) electrons. The summed E-state index contributed by atoms with van der Waals surface area (Å²) in [5.74, 6) is -6.71. The Kier molecular flexibility index (Phi) is 18.2. The first kappa shape index (κ1) is 48.1. The maximum atomic E-state index is 14.0. The van der Waals surface area contributed by atoms with Gasteiger partial charge in [-0.2, -0.15) is 0 Å². The molecule has 0 aliphatic carbocycles. The maximum Gasteiger partial charge on any atom is 0.408 e. The number of nitrogens with zero attached hydrogens (tertiary/aromatic N) is 2. The largest absolute Gasteiger partial charge is 0.480 e. The van der Waals surface area contributed by atoms with Crippen LogP contribution in [0.2, 0.25) is 0 Å². The van der Waals surface area contributed by atoms with Gasteiger partial charge in [-0.3, -0.25) is 43.2 Å². The number of benzene rings is 1. The van der Waals surface area contributed by atoms with E-state index in [4.69, 9.17) is 14.6 Å². The van der Waals surface area contributed by atoms with Crippen LogP contribution < -0.4 is 31.9 Å². The third-order valence-electron chi connectivity index (χ3n) is 9.36. The fourth-order valence-corrected chi connectivity index (χ4v) is 6.31. The highest BCUT2D eigenvalue weighted by atomic mass is 16.6. The molecule has 2 heterocycles. The Morgan fingerprint density at radius 1 is 0.750 bits per heavy atom. The summed E-state index contributed by atoms with van der Waals surface area (Å²) in [5.41, 5.74) is -0.0750. The fourth-order valence-electron chi connectivity index (χ4n) is 6.31. The number of ether oxygens (including phenoxy) is 2. The highest BCUT2D eigenvalue weighted by molar-refractivity contribution is 5.96. The summed E-state index contributed by atoms with van der Waals surface area (Å²) >= 11 is 0. The van der Waals surface area contributed by atoms with E-state index in [-0.39, 0.29) is 39.0 Å². The molecule has 3 rings (SSSR count). The molecule has 60 heavy (non-hydrogen) atoms.